The monoisotopic (exact) mass is 284 g/mol. The zero-order valence-corrected chi connectivity index (χ0v) is 9.15. The first kappa shape index (κ1) is 8.97. The minimum absolute atomic E-state index is 0.118. The second-order valence-corrected chi connectivity index (χ2v) is 4.28. The number of fused-ring (bicyclic) bond motifs is 1. The van der Waals surface area contributed by atoms with Crippen molar-refractivity contribution in [1.82, 2.24) is 5.32 Å². The summed E-state index contributed by atoms with van der Waals surface area (Å²) < 4.78 is 0.391. The normalized spacial score (nSPS) is 37.2. The van der Waals surface area contributed by atoms with Gasteiger partial charge in [-0.3, -0.25) is 10.3 Å². The van der Waals surface area contributed by atoms with Crippen LogP contribution in [-0.2, 0) is 0 Å². The molecule has 0 spiro atoms. The van der Waals surface area contributed by atoms with Crippen molar-refractivity contribution in [2.45, 2.75) is 9.97 Å². The van der Waals surface area contributed by atoms with Gasteiger partial charge >= 0.3 is 0 Å². The minimum Gasteiger partial charge on any atom is -0.294 e. The van der Waals surface area contributed by atoms with Gasteiger partial charge in [-0.15, -0.1) is 0 Å². The van der Waals surface area contributed by atoms with Crippen LogP contribution >= 0.6 is 22.6 Å². The Kier molecular flexibility index (Phi) is 2.81. The molecule has 1 aliphatic heterocycles. The van der Waals surface area contributed by atoms with Gasteiger partial charge in [0.2, 0.25) is 0 Å². The van der Waals surface area contributed by atoms with E-state index < -0.39 is 0 Å². The fraction of sp³-hybridized carbons (Fsp3) is 0.300. The van der Waals surface area contributed by atoms with Crippen LogP contribution in [0.15, 0.2) is 28.9 Å². The maximum Gasteiger partial charge on any atom is 0.112 e. The Morgan fingerprint density at radius 1 is 1.62 bits per heavy atom. The molecule has 2 aliphatic rings. The average molecular weight is 284 g/mol. The van der Waals surface area contributed by atoms with E-state index in [-0.39, 0.29) is 6.04 Å². The number of hydrogen-bond acceptors (Lipinski definition) is 2. The molecule has 2 rings (SSSR count). The summed E-state index contributed by atoms with van der Waals surface area (Å²) in [5.41, 5.74) is 1.04. The predicted octanol–water partition coefficient (Wildman–Crippen LogP) is 1.29. The van der Waals surface area contributed by atoms with E-state index in [1.165, 1.54) is 0 Å². The molecule has 0 radical (unpaired) electrons. The molecule has 0 saturated heterocycles. The van der Waals surface area contributed by atoms with E-state index >= 15 is 0 Å². The van der Waals surface area contributed by atoms with Crippen molar-refractivity contribution in [2.24, 2.45) is 4.99 Å². The van der Waals surface area contributed by atoms with Crippen LogP contribution in [-0.4, -0.2) is 22.7 Å². The summed E-state index contributed by atoms with van der Waals surface area (Å²) in [7, 11) is 0. The van der Waals surface area contributed by atoms with E-state index in [4.69, 9.17) is 0 Å². The molecule has 0 aromatic carbocycles. The summed E-state index contributed by atoms with van der Waals surface area (Å²) in [4.78, 5) is 4.34. The number of nitrogens with zero attached hydrogens (tertiary/aromatic N) is 1. The molecule has 0 aromatic rings. The quantitative estimate of drug-likeness (QED) is 0.404. The standard InChI is InChI=1S/C10H9IN2/c11-8-3-1-2-4-9-10(7-8)13-6-5-12-9/h1,3,6-9,12H,5H2/b3-1-,10-7+/t8?,9-/m0/s1. The number of halogens is 1. The first-order chi connectivity index (χ1) is 6.36. The fourth-order valence-corrected chi connectivity index (χ4v) is 1.83. The van der Waals surface area contributed by atoms with Crippen LogP contribution in [0.25, 0.3) is 0 Å². The van der Waals surface area contributed by atoms with Crippen LogP contribution in [0, 0.1) is 11.8 Å². The predicted molar refractivity (Wildman–Crippen MR) is 63.1 cm³/mol. The molecule has 0 saturated carbocycles. The SMILES string of the molecule is IC1/C=C\C#C[C@@H]2NCC=N/C2=C/1. The molecule has 1 heterocycles. The van der Waals surface area contributed by atoms with Gasteiger partial charge in [0.25, 0.3) is 0 Å². The van der Waals surface area contributed by atoms with Crippen molar-refractivity contribution in [3.8, 4) is 11.8 Å². The first-order valence-corrected chi connectivity index (χ1v) is 5.40. The summed E-state index contributed by atoms with van der Waals surface area (Å²) in [5, 5.41) is 3.28. The lowest BCUT2D eigenvalue weighted by atomic mass is 10.1. The molecule has 2 nitrogen and oxygen atoms in total. The molecule has 0 amide bonds. The smallest absolute Gasteiger partial charge is 0.112 e. The largest absolute Gasteiger partial charge is 0.294 e. The Bertz CT molecular complexity index is 344. The summed E-state index contributed by atoms with van der Waals surface area (Å²) in [6.07, 6.45) is 8.00. The Morgan fingerprint density at radius 2 is 2.54 bits per heavy atom. The van der Waals surface area contributed by atoms with Crippen molar-refractivity contribution in [2.75, 3.05) is 6.54 Å². The van der Waals surface area contributed by atoms with E-state index in [1.54, 1.807) is 0 Å². The Balaban J connectivity index is 2.36. The molecular formula is C10H9IN2. The second-order valence-electron chi connectivity index (χ2n) is 2.84. The van der Waals surface area contributed by atoms with Crippen molar-refractivity contribution >= 4 is 28.8 Å². The maximum absolute atomic E-state index is 4.34. The van der Waals surface area contributed by atoms with Gasteiger partial charge in [-0.1, -0.05) is 40.5 Å². The maximum atomic E-state index is 4.34. The molecule has 0 bridgehead atoms. The molecule has 2 atom stereocenters. The van der Waals surface area contributed by atoms with E-state index in [1.807, 2.05) is 12.3 Å². The van der Waals surface area contributed by atoms with Crippen LogP contribution in [0.2, 0.25) is 0 Å². The van der Waals surface area contributed by atoms with Crippen LogP contribution in [0.3, 0.4) is 0 Å². The second kappa shape index (κ2) is 4.07. The summed E-state index contributed by atoms with van der Waals surface area (Å²) >= 11 is 2.36. The lowest BCUT2D eigenvalue weighted by Crippen LogP contribution is -2.34. The lowest BCUT2D eigenvalue weighted by Gasteiger charge is -2.18. The van der Waals surface area contributed by atoms with E-state index in [0.29, 0.717) is 3.92 Å². The van der Waals surface area contributed by atoms with Crippen LogP contribution in [0.4, 0.5) is 0 Å². The topological polar surface area (TPSA) is 24.4 Å². The third kappa shape index (κ3) is 2.20. The van der Waals surface area contributed by atoms with Crippen LogP contribution in [0.5, 0.6) is 0 Å². The van der Waals surface area contributed by atoms with Gasteiger partial charge < -0.3 is 0 Å². The number of nitrogens with one attached hydrogen (secondary N) is 1. The summed E-state index contributed by atoms with van der Waals surface area (Å²) in [6.45, 7) is 0.812. The van der Waals surface area contributed by atoms with Crippen LogP contribution in [0.1, 0.15) is 0 Å². The van der Waals surface area contributed by atoms with E-state index in [2.05, 4.69) is 56.9 Å². The molecule has 1 aliphatic carbocycles. The zero-order chi connectivity index (χ0) is 9.10. The fourth-order valence-electron chi connectivity index (χ4n) is 1.26. The lowest BCUT2D eigenvalue weighted by molar-refractivity contribution is 0.712. The number of aliphatic imine (C=N–C) groups is 1. The molecule has 1 unspecified atom stereocenters. The molecule has 66 valence electrons. The number of hydrogen-bond donors (Lipinski definition) is 1. The van der Waals surface area contributed by atoms with Gasteiger partial charge in [-0.25, -0.2) is 0 Å². The highest BCUT2D eigenvalue weighted by Gasteiger charge is 2.14. The highest BCUT2D eigenvalue weighted by Crippen LogP contribution is 2.14. The minimum atomic E-state index is 0.118. The number of allylic oxidation sites excluding steroid dienone is 3. The number of alkyl halides is 1. The Hall–Kier alpha value is -0.600. The van der Waals surface area contributed by atoms with E-state index in [0.717, 1.165) is 12.2 Å². The van der Waals surface area contributed by atoms with Crippen molar-refractivity contribution < 1.29 is 0 Å². The Labute approximate surface area is 91.3 Å². The molecule has 0 fully saturated rings. The van der Waals surface area contributed by atoms with E-state index in [9.17, 15) is 0 Å². The van der Waals surface area contributed by atoms with Crippen molar-refractivity contribution in [1.29, 1.82) is 0 Å². The van der Waals surface area contributed by atoms with Crippen molar-refractivity contribution in [3.05, 3.63) is 23.9 Å². The third-order valence-electron chi connectivity index (χ3n) is 1.87. The third-order valence-corrected chi connectivity index (χ3v) is 2.65. The number of rotatable bonds is 0. The first-order valence-electron chi connectivity index (χ1n) is 4.16. The molecule has 0 aromatic heterocycles. The average Bonchev–Trinajstić information content (AvgIpc) is 2.11. The van der Waals surface area contributed by atoms with Gasteiger partial charge in [-0.2, -0.15) is 0 Å². The van der Waals surface area contributed by atoms with Crippen LogP contribution < -0.4 is 5.32 Å². The molecule has 3 heteroatoms. The van der Waals surface area contributed by atoms with Crippen molar-refractivity contribution in [3.63, 3.8) is 0 Å². The molecular weight excluding hydrogens is 275 g/mol. The van der Waals surface area contributed by atoms with Gasteiger partial charge in [-0.05, 0) is 12.2 Å². The Morgan fingerprint density at radius 3 is 3.46 bits per heavy atom. The van der Waals surface area contributed by atoms with Gasteiger partial charge in [0.05, 0.1) is 5.70 Å². The zero-order valence-electron chi connectivity index (χ0n) is 7.00. The molecule has 13 heavy (non-hydrogen) atoms. The summed E-state index contributed by atoms with van der Waals surface area (Å²) in [5.74, 6) is 6.12. The highest BCUT2D eigenvalue weighted by molar-refractivity contribution is 14.1. The molecule has 1 N–H and O–H groups in total. The summed E-state index contributed by atoms with van der Waals surface area (Å²) in [6, 6.07) is 0.118. The highest BCUT2D eigenvalue weighted by atomic mass is 127. The van der Waals surface area contributed by atoms with Gasteiger partial charge in [0.1, 0.15) is 6.04 Å². The van der Waals surface area contributed by atoms with Gasteiger partial charge in [0.15, 0.2) is 0 Å². The van der Waals surface area contributed by atoms with Gasteiger partial charge in [0, 0.05) is 16.7 Å².